The summed E-state index contributed by atoms with van der Waals surface area (Å²) >= 11 is 0. The molecule has 2 aromatic heterocycles. The summed E-state index contributed by atoms with van der Waals surface area (Å²) in [5, 5.41) is 15.4. The molecule has 2 bridgehead atoms. The van der Waals surface area contributed by atoms with Crippen LogP contribution in [0.15, 0.2) is 54.7 Å². The Hall–Kier alpha value is -3.94. The predicted molar refractivity (Wildman–Crippen MR) is 129 cm³/mol. The zero-order chi connectivity index (χ0) is 23.9. The number of hydrogen-bond donors (Lipinski definition) is 1. The second-order valence-electron chi connectivity index (χ2n) is 10.0. The highest BCUT2D eigenvalue weighted by Gasteiger charge is 2.73. The number of anilines is 1. The molecule has 8 nitrogen and oxygen atoms in total. The van der Waals surface area contributed by atoms with E-state index >= 15 is 0 Å². The van der Waals surface area contributed by atoms with E-state index < -0.39 is 15.8 Å². The van der Waals surface area contributed by atoms with Crippen molar-refractivity contribution in [2.45, 2.75) is 44.4 Å². The quantitative estimate of drug-likeness (QED) is 0.343. The monoisotopic (exact) mass is 453 g/mol. The topological polar surface area (TPSA) is 111 Å². The zero-order valence-corrected chi connectivity index (χ0v) is 19.1. The summed E-state index contributed by atoms with van der Waals surface area (Å²) in [5.74, 6) is -0.141. The van der Waals surface area contributed by atoms with Gasteiger partial charge < -0.3 is 5.32 Å². The number of benzene rings is 2. The van der Waals surface area contributed by atoms with Crippen molar-refractivity contribution in [3.63, 3.8) is 0 Å². The lowest BCUT2D eigenvalue weighted by molar-refractivity contribution is -0.384. The summed E-state index contributed by atoms with van der Waals surface area (Å²) in [4.78, 5) is 39.3. The second kappa shape index (κ2) is 6.56. The standard InChI is InChI=1S/C26H23N5O3/c1-24(2)25(3)11-12-26(24,23(32)30-18-8-4-6-15-7-5-13-27-20(15)18)22-21(25)28-17-10-9-16(31(33)34)14-19(17)29-22/h4-10,13-14H,11-12H2,1-3H3,(H,30,32). The number of rotatable bonds is 3. The van der Waals surface area contributed by atoms with Crippen LogP contribution in [0.4, 0.5) is 11.4 Å². The number of para-hydroxylation sites is 1. The Kier molecular flexibility index (Phi) is 3.98. The van der Waals surface area contributed by atoms with Gasteiger partial charge in [0, 0.05) is 29.1 Å². The number of carbonyl (C=O) groups excluding carboxylic acids is 1. The molecule has 2 aromatic carbocycles. The summed E-state index contributed by atoms with van der Waals surface area (Å²) in [5.41, 5.74) is 2.08. The van der Waals surface area contributed by atoms with Gasteiger partial charge in [-0.1, -0.05) is 39.0 Å². The summed E-state index contributed by atoms with van der Waals surface area (Å²) < 4.78 is 0. The fourth-order valence-corrected chi connectivity index (χ4v) is 6.14. The fraction of sp³-hybridized carbons (Fsp3) is 0.308. The Labute approximate surface area is 195 Å². The molecule has 2 aliphatic carbocycles. The first-order valence-corrected chi connectivity index (χ1v) is 11.3. The first-order valence-electron chi connectivity index (χ1n) is 11.3. The normalized spacial score (nSPS) is 24.3. The number of non-ortho nitro benzene ring substituents is 1. The van der Waals surface area contributed by atoms with Crippen LogP contribution in [0.1, 0.15) is 45.0 Å². The number of carbonyl (C=O) groups is 1. The van der Waals surface area contributed by atoms with Crippen LogP contribution in [0.5, 0.6) is 0 Å². The molecule has 6 rings (SSSR count). The van der Waals surface area contributed by atoms with Gasteiger partial charge in [0.25, 0.3) is 5.69 Å². The van der Waals surface area contributed by atoms with Gasteiger partial charge in [-0.05, 0) is 36.5 Å². The number of nitrogens with one attached hydrogen (secondary N) is 1. The van der Waals surface area contributed by atoms with E-state index in [4.69, 9.17) is 9.97 Å². The SMILES string of the molecule is CC12CCC(C(=O)Nc3cccc4cccnc34)(c3nc4cc([N+](=O)[O-])ccc4nc31)C2(C)C. The average Bonchev–Trinajstić information content (AvgIpc) is 3.12. The van der Waals surface area contributed by atoms with Crippen molar-refractivity contribution < 1.29 is 9.72 Å². The second-order valence-corrected chi connectivity index (χ2v) is 10.0. The molecule has 2 atom stereocenters. The van der Waals surface area contributed by atoms with E-state index in [-0.39, 0.29) is 17.0 Å². The predicted octanol–water partition coefficient (Wildman–Crippen LogP) is 5.05. The van der Waals surface area contributed by atoms with E-state index in [1.165, 1.54) is 12.1 Å². The largest absolute Gasteiger partial charge is 0.323 e. The summed E-state index contributed by atoms with van der Waals surface area (Å²) in [6.45, 7) is 6.37. The molecule has 4 aromatic rings. The first kappa shape index (κ1) is 20.7. The number of fused-ring (bicyclic) bond motifs is 7. The van der Waals surface area contributed by atoms with Gasteiger partial charge in [0.05, 0.1) is 44.0 Å². The minimum atomic E-state index is -0.917. The molecule has 1 N–H and O–H groups in total. The van der Waals surface area contributed by atoms with Gasteiger partial charge in [-0.15, -0.1) is 0 Å². The average molecular weight is 454 g/mol. The Bertz CT molecular complexity index is 1540. The Morgan fingerprint density at radius 2 is 1.76 bits per heavy atom. The van der Waals surface area contributed by atoms with Crippen molar-refractivity contribution in [1.29, 1.82) is 0 Å². The van der Waals surface area contributed by atoms with Crippen molar-refractivity contribution in [1.82, 2.24) is 15.0 Å². The number of nitrogens with zero attached hydrogens (tertiary/aromatic N) is 4. The number of nitro groups is 1. The molecule has 34 heavy (non-hydrogen) atoms. The summed E-state index contributed by atoms with van der Waals surface area (Å²) in [7, 11) is 0. The van der Waals surface area contributed by atoms with Crippen molar-refractivity contribution in [3.05, 3.63) is 76.2 Å². The lowest BCUT2D eigenvalue weighted by Gasteiger charge is -2.39. The summed E-state index contributed by atoms with van der Waals surface area (Å²) in [6, 6.07) is 14.1. The third-order valence-corrected chi connectivity index (χ3v) is 8.50. The van der Waals surface area contributed by atoms with E-state index in [2.05, 4.69) is 31.1 Å². The van der Waals surface area contributed by atoms with Gasteiger partial charge in [-0.2, -0.15) is 0 Å². The van der Waals surface area contributed by atoms with E-state index in [0.717, 1.165) is 23.0 Å². The van der Waals surface area contributed by atoms with Crippen LogP contribution >= 0.6 is 0 Å². The van der Waals surface area contributed by atoms with Crippen molar-refractivity contribution in [2.24, 2.45) is 5.41 Å². The third-order valence-electron chi connectivity index (χ3n) is 8.50. The van der Waals surface area contributed by atoms with Crippen LogP contribution in [-0.4, -0.2) is 25.8 Å². The highest BCUT2D eigenvalue weighted by Crippen LogP contribution is 2.70. The van der Waals surface area contributed by atoms with E-state index in [1.54, 1.807) is 12.3 Å². The molecule has 1 fully saturated rings. The number of nitro benzene ring substituents is 1. The van der Waals surface area contributed by atoms with Gasteiger partial charge in [-0.3, -0.25) is 19.9 Å². The zero-order valence-electron chi connectivity index (χ0n) is 19.1. The number of hydrogen-bond acceptors (Lipinski definition) is 6. The number of aromatic nitrogens is 3. The minimum Gasteiger partial charge on any atom is -0.323 e. The molecule has 8 heteroatoms. The Morgan fingerprint density at radius 1 is 1.00 bits per heavy atom. The third kappa shape index (κ3) is 2.37. The molecule has 2 aliphatic rings. The van der Waals surface area contributed by atoms with E-state index in [0.29, 0.717) is 28.8 Å². The van der Waals surface area contributed by atoms with Gasteiger partial charge in [0.15, 0.2) is 0 Å². The molecule has 0 aliphatic heterocycles. The summed E-state index contributed by atoms with van der Waals surface area (Å²) in [6.07, 6.45) is 3.15. The maximum Gasteiger partial charge on any atom is 0.271 e. The van der Waals surface area contributed by atoms with Crippen LogP contribution in [0, 0.1) is 15.5 Å². The molecule has 1 saturated carbocycles. The highest BCUT2D eigenvalue weighted by atomic mass is 16.6. The molecular formula is C26H23N5O3. The molecule has 2 unspecified atom stereocenters. The molecule has 170 valence electrons. The highest BCUT2D eigenvalue weighted by molar-refractivity contribution is 6.06. The number of amides is 1. The van der Waals surface area contributed by atoms with Gasteiger partial charge >= 0.3 is 0 Å². The van der Waals surface area contributed by atoms with Crippen LogP contribution in [0.25, 0.3) is 21.9 Å². The first-order chi connectivity index (χ1) is 16.2. The van der Waals surface area contributed by atoms with Crippen molar-refractivity contribution in [3.8, 4) is 0 Å². The number of pyridine rings is 1. The maximum absolute atomic E-state index is 14.2. The lowest BCUT2D eigenvalue weighted by atomic mass is 9.63. The Morgan fingerprint density at radius 3 is 2.56 bits per heavy atom. The van der Waals surface area contributed by atoms with E-state index in [1.807, 2.05) is 30.3 Å². The van der Waals surface area contributed by atoms with Gasteiger partial charge in [0.1, 0.15) is 0 Å². The fourth-order valence-electron chi connectivity index (χ4n) is 6.14. The molecule has 0 radical (unpaired) electrons. The van der Waals surface area contributed by atoms with Crippen LogP contribution in [-0.2, 0) is 15.6 Å². The van der Waals surface area contributed by atoms with E-state index in [9.17, 15) is 14.9 Å². The molecule has 0 spiro atoms. The van der Waals surface area contributed by atoms with Crippen molar-refractivity contribution in [2.75, 3.05) is 5.32 Å². The van der Waals surface area contributed by atoms with Crippen molar-refractivity contribution >= 4 is 39.2 Å². The molecule has 2 heterocycles. The van der Waals surface area contributed by atoms with Gasteiger partial charge in [-0.25, -0.2) is 9.97 Å². The minimum absolute atomic E-state index is 0.0456. The van der Waals surface area contributed by atoms with Crippen LogP contribution in [0.3, 0.4) is 0 Å². The smallest absolute Gasteiger partial charge is 0.271 e. The molecular weight excluding hydrogens is 430 g/mol. The lowest BCUT2D eigenvalue weighted by Crippen LogP contribution is -2.48. The maximum atomic E-state index is 14.2. The van der Waals surface area contributed by atoms with Gasteiger partial charge in [0.2, 0.25) is 5.91 Å². The molecule has 0 saturated heterocycles. The van der Waals surface area contributed by atoms with Crippen LogP contribution in [0.2, 0.25) is 0 Å². The Balaban J connectivity index is 1.54. The molecule has 1 amide bonds. The van der Waals surface area contributed by atoms with Crippen LogP contribution < -0.4 is 5.32 Å².